The molecule has 1 unspecified atom stereocenters. The fourth-order valence-corrected chi connectivity index (χ4v) is 1.79. The zero-order valence-electron chi connectivity index (χ0n) is 12.3. The summed E-state index contributed by atoms with van der Waals surface area (Å²) in [5, 5.41) is 3.15. The van der Waals surface area contributed by atoms with Crippen LogP contribution in [0, 0.1) is 0 Å². The minimum absolute atomic E-state index is 0.262. The predicted molar refractivity (Wildman–Crippen MR) is 77.2 cm³/mol. The summed E-state index contributed by atoms with van der Waals surface area (Å²) in [6, 6.07) is 7.10. The zero-order valence-corrected chi connectivity index (χ0v) is 12.3. The summed E-state index contributed by atoms with van der Waals surface area (Å²) in [4.78, 5) is 11.6. The molecule has 0 saturated heterocycles. The Morgan fingerprint density at radius 2 is 1.95 bits per heavy atom. The molecule has 0 radical (unpaired) electrons. The van der Waals surface area contributed by atoms with Crippen molar-refractivity contribution in [3.63, 3.8) is 0 Å². The highest BCUT2D eigenvalue weighted by atomic mass is 16.5. The van der Waals surface area contributed by atoms with Crippen molar-refractivity contribution in [3.8, 4) is 11.5 Å². The SMILES string of the molecule is CCCNC(CCOc1ccccc1OC)C(=O)OC. The van der Waals surface area contributed by atoms with E-state index < -0.39 is 0 Å². The molecule has 0 aromatic heterocycles. The Balaban J connectivity index is 2.48. The van der Waals surface area contributed by atoms with Gasteiger partial charge in [0.2, 0.25) is 0 Å². The van der Waals surface area contributed by atoms with Crippen molar-refractivity contribution in [2.24, 2.45) is 0 Å². The van der Waals surface area contributed by atoms with Crippen LogP contribution >= 0.6 is 0 Å². The number of nitrogens with one attached hydrogen (secondary N) is 1. The average molecular weight is 281 g/mol. The molecule has 1 aromatic rings. The minimum Gasteiger partial charge on any atom is -0.493 e. The number of methoxy groups -OCH3 is 2. The summed E-state index contributed by atoms with van der Waals surface area (Å²) in [6.45, 7) is 3.23. The van der Waals surface area contributed by atoms with E-state index in [1.54, 1.807) is 7.11 Å². The molecule has 0 amide bonds. The van der Waals surface area contributed by atoms with Gasteiger partial charge in [-0.1, -0.05) is 19.1 Å². The van der Waals surface area contributed by atoms with Crippen molar-refractivity contribution in [1.82, 2.24) is 5.32 Å². The largest absolute Gasteiger partial charge is 0.493 e. The summed E-state index contributed by atoms with van der Waals surface area (Å²) >= 11 is 0. The van der Waals surface area contributed by atoms with Crippen molar-refractivity contribution < 1.29 is 19.0 Å². The van der Waals surface area contributed by atoms with Crippen molar-refractivity contribution in [1.29, 1.82) is 0 Å². The highest BCUT2D eigenvalue weighted by Gasteiger charge is 2.18. The Morgan fingerprint density at radius 3 is 2.55 bits per heavy atom. The van der Waals surface area contributed by atoms with Gasteiger partial charge in [-0.2, -0.15) is 0 Å². The fraction of sp³-hybridized carbons (Fsp3) is 0.533. The Hall–Kier alpha value is -1.75. The second-order valence-electron chi connectivity index (χ2n) is 4.32. The lowest BCUT2D eigenvalue weighted by Crippen LogP contribution is -2.39. The van der Waals surface area contributed by atoms with Crippen LogP contribution in [0.25, 0.3) is 0 Å². The van der Waals surface area contributed by atoms with Crippen LogP contribution in [-0.4, -0.2) is 39.4 Å². The van der Waals surface area contributed by atoms with E-state index in [0.29, 0.717) is 24.5 Å². The number of hydrogen-bond donors (Lipinski definition) is 1. The summed E-state index contributed by atoms with van der Waals surface area (Å²) in [5.41, 5.74) is 0. The molecule has 0 bridgehead atoms. The van der Waals surface area contributed by atoms with Gasteiger partial charge in [-0.15, -0.1) is 0 Å². The van der Waals surface area contributed by atoms with Gasteiger partial charge in [0.25, 0.3) is 0 Å². The molecule has 0 aliphatic carbocycles. The van der Waals surface area contributed by atoms with Gasteiger partial charge in [-0.25, -0.2) is 0 Å². The lowest BCUT2D eigenvalue weighted by molar-refractivity contribution is -0.143. The highest BCUT2D eigenvalue weighted by molar-refractivity contribution is 5.75. The molecule has 0 aliphatic heterocycles. The molecule has 20 heavy (non-hydrogen) atoms. The number of ether oxygens (including phenoxy) is 3. The van der Waals surface area contributed by atoms with Crippen LogP contribution in [0.1, 0.15) is 19.8 Å². The van der Waals surface area contributed by atoms with Gasteiger partial charge in [0.05, 0.1) is 20.8 Å². The molecule has 5 nitrogen and oxygen atoms in total. The van der Waals surface area contributed by atoms with Crippen LogP contribution in [0.2, 0.25) is 0 Å². The summed E-state index contributed by atoms with van der Waals surface area (Å²) < 4.78 is 15.6. The third kappa shape index (κ3) is 5.09. The molecule has 1 N–H and O–H groups in total. The van der Waals surface area contributed by atoms with Crippen LogP contribution in [0.5, 0.6) is 11.5 Å². The van der Waals surface area contributed by atoms with Gasteiger partial charge in [0.15, 0.2) is 11.5 Å². The Morgan fingerprint density at radius 1 is 1.25 bits per heavy atom. The molecule has 0 spiro atoms. The predicted octanol–water partition coefficient (Wildman–Crippen LogP) is 2.01. The van der Waals surface area contributed by atoms with Gasteiger partial charge in [0, 0.05) is 6.42 Å². The third-order valence-corrected chi connectivity index (χ3v) is 2.86. The summed E-state index contributed by atoms with van der Waals surface area (Å²) in [6.07, 6.45) is 1.51. The first kappa shape index (κ1) is 16.3. The molecule has 1 atom stereocenters. The second-order valence-corrected chi connectivity index (χ2v) is 4.32. The zero-order chi connectivity index (χ0) is 14.8. The fourth-order valence-electron chi connectivity index (χ4n) is 1.79. The number of hydrogen-bond acceptors (Lipinski definition) is 5. The quantitative estimate of drug-likeness (QED) is 0.702. The van der Waals surface area contributed by atoms with E-state index in [2.05, 4.69) is 5.32 Å². The maximum absolute atomic E-state index is 11.6. The summed E-state index contributed by atoms with van der Waals surface area (Å²) in [5.74, 6) is 1.10. The Kier molecular flexibility index (Phi) is 7.50. The maximum Gasteiger partial charge on any atom is 0.322 e. The van der Waals surface area contributed by atoms with Gasteiger partial charge in [0.1, 0.15) is 6.04 Å². The molecule has 0 saturated carbocycles. The number of esters is 1. The van der Waals surface area contributed by atoms with Crippen LogP contribution in [0.4, 0.5) is 0 Å². The van der Waals surface area contributed by atoms with Crippen molar-refractivity contribution in [2.45, 2.75) is 25.8 Å². The van der Waals surface area contributed by atoms with Crippen molar-refractivity contribution >= 4 is 5.97 Å². The number of para-hydroxylation sites is 2. The topological polar surface area (TPSA) is 56.8 Å². The van der Waals surface area contributed by atoms with Crippen molar-refractivity contribution in [3.05, 3.63) is 24.3 Å². The summed E-state index contributed by atoms with van der Waals surface area (Å²) in [7, 11) is 2.99. The first-order chi connectivity index (χ1) is 9.72. The second kappa shape index (κ2) is 9.20. The highest BCUT2D eigenvalue weighted by Crippen LogP contribution is 2.25. The molecule has 0 fully saturated rings. The van der Waals surface area contributed by atoms with E-state index in [1.807, 2.05) is 31.2 Å². The molecule has 1 rings (SSSR count). The standard InChI is InChI=1S/C15H23NO4/c1-4-10-16-12(15(17)19-3)9-11-20-14-8-6-5-7-13(14)18-2/h5-8,12,16H,4,9-11H2,1-3H3. The lowest BCUT2D eigenvalue weighted by atomic mass is 10.2. The molecular weight excluding hydrogens is 258 g/mol. The van der Waals surface area contributed by atoms with Gasteiger partial charge in [-0.05, 0) is 25.1 Å². The number of rotatable bonds is 9. The monoisotopic (exact) mass is 281 g/mol. The normalized spacial score (nSPS) is 11.8. The van der Waals surface area contributed by atoms with Gasteiger partial charge in [-0.3, -0.25) is 4.79 Å². The van der Waals surface area contributed by atoms with E-state index in [1.165, 1.54) is 7.11 Å². The molecule has 0 heterocycles. The van der Waals surface area contributed by atoms with Crippen molar-refractivity contribution in [2.75, 3.05) is 27.4 Å². The van der Waals surface area contributed by atoms with E-state index in [4.69, 9.17) is 14.2 Å². The third-order valence-electron chi connectivity index (χ3n) is 2.86. The molecule has 5 heteroatoms. The number of carbonyl (C=O) groups excluding carboxylic acids is 1. The van der Waals surface area contributed by atoms with Crippen LogP contribution in [-0.2, 0) is 9.53 Å². The molecule has 112 valence electrons. The smallest absolute Gasteiger partial charge is 0.322 e. The van der Waals surface area contributed by atoms with Gasteiger partial charge < -0.3 is 19.5 Å². The maximum atomic E-state index is 11.6. The first-order valence-electron chi connectivity index (χ1n) is 6.80. The molecular formula is C15H23NO4. The number of benzene rings is 1. The number of carbonyl (C=O) groups is 1. The minimum atomic E-state index is -0.338. The van der Waals surface area contributed by atoms with E-state index in [0.717, 1.165) is 13.0 Å². The van der Waals surface area contributed by atoms with Crippen LogP contribution < -0.4 is 14.8 Å². The van der Waals surface area contributed by atoms with Gasteiger partial charge >= 0.3 is 5.97 Å². The lowest BCUT2D eigenvalue weighted by Gasteiger charge is -2.17. The molecule has 0 aliphatic rings. The van der Waals surface area contributed by atoms with Crippen LogP contribution in [0.3, 0.4) is 0 Å². The van der Waals surface area contributed by atoms with E-state index in [9.17, 15) is 4.79 Å². The van der Waals surface area contributed by atoms with E-state index in [-0.39, 0.29) is 12.0 Å². The Bertz CT molecular complexity index is 409. The first-order valence-corrected chi connectivity index (χ1v) is 6.80. The average Bonchev–Trinajstić information content (AvgIpc) is 2.50. The Labute approximate surface area is 120 Å². The van der Waals surface area contributed by atoms with Crippen LogP contribution in [0.15, 0.2) is 24.3 Å². The van der Waals surface area contributed by atoms with E-state index >= 15 is 0 Å². The molecule has 1 aromatic carbocycles.